The normalized spacial score (nSPS) is 24.1. The van der Waals surface area contributed by atoms with Crippen LogP contribution in [0.1, 0.15) is 12.8 Å². The van der Waals surface area contributed by atoms with E-state index in [1.165, 1.54) is 0 Å². The van der Waals surface area contributed by atoms with Gasteiger partial charge in [0.15, 0.2) is 0 Å². The third-order valence-corrected chi connectivity index (χ3v) is 3.52. The molecular weight excluding hydrogens is 256 g/mol. The molecule has 1 rings (SSSR count). The maximum absolute atomic E-state index is 11.0. The first-order valence-electron chi connectivity index (χ1n) is 6.14. The molecule has 106 valence electrons. The SMILES string of the molecule is C=CC1(CC(=C)C(=O)O)C=CC=CC1CC(=C)C(=O)O. The Bertz CT molecular complexity index is 525. The number of rotatable bonds is 7. The van der Waals surface area contributed by atoms with Crippen LogP contribution in [0.25, 0.3) is 0 Å². The molecule has 20 heavy (non-hydrogen) atoms. The van der Waals surface area contributed by atoms with Crippen molar-refractivity contribution in [2.75, 3.05) is 0 Å². The van der Waals surface area contributed by atoms with Crippen molar-refractivity contribution in [2.24, 2.45) is 11.3 Å². The Morgan fingerprint density at radius 2 is 1.75 bits per heavy atom. The minimum absolute atomic E-state index is 0.0655. The summed E-state index contributed by atoms with van der Waals surface area (Å²) < 4.78 is 0. The molecule has 0 aromatic carbocycles. The lowest BCUT2D eigenvalue weighted by atomic mass is 9.67. The Balaban J connectivity index is 3.03. The third-order valence-electron chi connectivity index (χ3n) is 3.52. The molecule has 0 bridgehead atoms. The van der Waals surface area contributed by atoms with Crippen LogP contribution in [0.4, 0.5) is 0 Å². The van der Waals surface area contributed by atoms with Crippen LogP contribution in [0.2, 0.25) is 0 Å². The van der Waals surface area contributed by atoms with Crippen molar-refractivity contribution in [3.8, 4) is 0 Å². The quantitative estimate of drug-likeness (QED) is 0.553. The van der Waals surface area contributed by atoms with E-state index in [9.17, 15) is 9.59 Å². The Kier molecular flexibility index (Phi) is 4.86. The van der Waals surface area contributed by atoms with Gasteiger partial charge >= 0.3 is 11.9 Å². The lowest BCUT2D eigenvalue weighted by Gasteiger charge is -2.36. The molecule has 2 atom stereocenters. The van der Waals surface area contributed by atoms with Crippen LogP contribution < -0.4 is 0 Å². The molecule has 2 unspecified atom stereocenters. The van der Waals surface area contributed by atoms with Gasteiger partial charge < -0.3 is 10.2 Å². The fraction of sp³-hybridized carbons (Fsp3) is 0.250. The highest BCUT2D eigenvalue weighted by atomic mass is 16.4. The number of hydrogen-bond donors (Lipinski definition) is 2. The summed E-state index contributed by atoms with van der Waals surface area (Å²) in [5, 5.41) is 17.9. The lowest BCUT2D eigenvalue weighted by Crippen LogP contribution is -2.29. The van der Waals surface area contributed by atoms with Crippen LogP contribution in [0, 0.1) is 11.3 Å². The molecule has 1 aliphatic carbocycles. The molecule has 0 saturated heterocycles. The number of carboxylic acids is 2. The van der Waals surface area contributed by atoms with Gasteiger partial charge in [-0.2, -0.15) is 0 Å². The second-order valence-electron chi connectivity index (χ2n) is 4.87. The minimum Gasteiger partial charge on any atom is -0.478 e. The molecule has 0 amide bonds. The standard InChI is InChI=1S/C16H18O4/c1-4-16(10-12(3)15(19)20)8-6-5-7-13(16)9-11(2)14(17)18/h4-8,13H,1-3,9-10H2,(H,17,18)(H,19,20). The van der Waals surface area contributed by atoms with Gasteiger partial charge in [-0.15, -0.1) is 6.58 Å². The Morgan fingerprint density at radius 1 is 1.15 bits per heavy atom. The highest BCUT2D eigenvalue weighted by Gasteiger charge is 2.35. The summed E-state index contributed by atoms with van der Waals surface area (Å²) >= 11 is 0. The van der Waals surface area contributed by atoms with Crippen molar-refractivity contribution in [2.45, 2.75) is 12.8 Å². The molecule has 0 heterocycles. The summed E-state index contributed by atoms with van der Waals surface area (Å²) in [7, 11) is 0. The summed E-state index contributed by atoms with van der Waals surface area (Å²) in [6.07, 6.45) is 9.38. The summed E-state index contributed by atoms with van der Waals surface area (Å²) in [6, 6.07) is 0. The van der Waals surface area contributed by atoms with Crippen molar-refractivity contribution in [3.63, 3.8) is 0 Å². The second-order valence-corrected chi connectivity index (χ2v) is 4.87. The molecular formula is C16H18O4. The van der Waals surface area contributed by atoms with E-state index >= 15 is 0 Å². The number of allylic oxidation sites excluding steroid dienone is 5. The zero-order chi connectivity index (χ0) is 15.3. The predicted molar refractivity (Wildman–Crippen MR) is 77.2 cm³/mol. The fourth-order valence-electron chi connectivity index (χ4n) is 2.27. The van der Waals surface area contributed by atoms with Crippen molar-refractivity contribution >= 4 is 11.9 Å². The summed E-state index contributed by atoms with van der Waals surface area (Å²) in [4.78, 5) is 21.9. The highest BCUT2D eigenvalue weighted by molar-refractivity contribution is 5.86. The fourth-order valence-corrected chi connectivity index (χ4v) is 2.27. The average molecular weight is 274 g/mol. The first-order chi connectivity index (χ1) is 9.32. The van der Waals surface area contributed by atoms with Gasteiger partial charge in [-0.25, -0.2) is 9.59 Å². The van der Waals surface area contributed by atoms with Crippen molar-refractivity contribution in [1.82, 2.24) is 0 Å². The first-order valence-corrected chi connectivity index (χ1v) is 6.14. The van der Waals surface area contributed by atoms with Crippen molar-refractivity contribution in [1.29, 1.82) is 0 Å². The van der Waals surface area contributed by atoms with Gasteiger partial charge in [0.05, 0.1) is 0 Å². The number of hydrogen-bond acceptors (Lipinski definition) is 2. The van der Waals surface area contributed by atoms with Crippen LogP contribution in [0.5, 0.6) is 0 Å². The molecule has 0 aromatic heterocycles. The predicted octanol–water partition coefficient (Wildman–Crippen LogP) is 2.96. The molecule has 4 heteroatoms. The Labute approximate surface area is 118 Å². The van der Waals surface area contributed by atoms with E-state index in [1.807, 2.05) is 18.2 Å². The molecule has 0 fully saturated rings. The van der Waals surface area contributed by atoms with Crippen LogP contribution in [0.3, 0.4) is 0 Å². The van der Waals surface area contributed by atoms with E-state index in [0.717, 1.165) is 0 Å². The molecule has 0 aliphatic heterocycles. The lowest BCUT2D eigenvalue weighted by molar-refractivity contribution is -0.134. The molecule has 0 spiro atoms. The van der Waals surface area contributed by atoms with Gasteiger partial charge in [-0.05, 0) is 18.8 Å². The summed E-state index contributed by atoms with van der Waals surface area (Å²) in [5.74, 6) is -2.32. The number of carbonyl (C=O) groups is 2. The van der Waals surface area contributed by atoms with Crippen molar-refractivity contribution in [3.05, 3.63) is 61.3 Å². The first kappa shape index (κ1) is 15.7. The van der Waals surface area contributed by atoms with E-state index in [1.54, 1.807) is 12.2 Å². The Hall–Kier alpha value is -2.36. The van der Waals surface area contributed by atoms with E-state index in [0.29, 0.717) is 0 Å². The van der Waals surface area contributed by atoms with Gasteiger partial charge in [0, 0.05) is 16.6 Å². The highest BCUT2D eigenvalue weighted by Crippen LogP contribution is 2.43. The van der Waals surface area contributed by atoms with E-state index in [-0.39, 0.29) is 29.9 Å². The van der Waals surface area contributed by atoms with Gasteiger partial charge in [0.1, 0.15) is 0 Å². The van der Waals surface area contributed by atoms with E-state index in [2.05, 4.69) is 19.7 Å². The Morgan fingerprint density at radius 3 is 2.25 bits per heavy atom. The van der Waals surface area contributed by atoms with Gasteiger partial charge in [-0.3, -0.25) is 0 Å². The van der Waals surface area contributed by atoms with Gasteiger partial charge in [0.2, 0.25) is 0 Å². The van der Waals surface area contributed by atoms with Gasteiger partial charge in [-0.1, -0.05) is 43.5 Å². The van der Waals surface area contributed by atoms with Gasteiger partial charge in [0.25, 0.3) is 0 Å². The topological polar surface area (TPSA) is 74.6 Å². The van der Waals surface area contributed by atoms with Crippen LogP contribution in [-0.2, 0) is 9.59 Å². The zero-order valence-corrected chi connectivity index (χ0v) is 11.2. The summed E-state index contributed by atoms with van der Waals surface area (Å²) in [5.41, 5.74) is -0.499. The summed E-state index contributed by atoms with van der Waals surface area (Å²) in [6.45, 7) is 10.9. The van der Waals surface area contributed by atoms with Crippen LogP contribution >= 0.6 is 0 Å². The maximum atomic E-state index is 11.0. The van der Waals surface area contributed by atoms with Crippen LogP contribution in [-0.4, -0.2) is 22.2 Å². The zero-order valence-electron chi connectivity index (χ0n) is 11.2. The number of aliphatic carboxylic acids is 2. The molecule has 2 N–H and O–H groups in total. The molecule has 0 saturated carbocycles. The largest absolute Gasteiger partial charge is 0.478 e. The molecule has 1 aliphatic rings. The third kappa shape index (κ3) is 3.35. The molecule has 4 nitrogen and oxygen atoms in total. The molecule has 0 aromatic rings. The van der Waals surface area contributed by atoms with Crippen LogP contribution in [0.15, 0.2) is 61.3 Å². The smallest absolute Gasteiger partial charge is 0.330 e. The van der Waals surface area contributed by atoms with Crippen molar-refractivity contribution < 1.29 is 19.8 Å². The molecule has 0 radical (unpaired) electrons. The average Bonchev–Trinajstić information content (AvgIpc) is 2.40. The number of carboxylic acid groups (broad SMARTS) is 2. The maximum Gasteiger partial charge on any atom is 0.330 e. The van der Waals surface area contributed by atoms with E-state index in [4.69, 9.17) is 10.2 Å². The minimum atomic E-state index is -1.06. The van der Waals surface area contributed by atoms with E-state index < -0.39 is 17.4 Å². The monoisotopic (exact) mass is 274 g/mol. The second kappa shape index (κ2) is 6.19.